The molecule has 0 aliphatic rings. The molecule has 0 bridgehead atoms. The minimum Gasteiger partial charge on any atom is -0.324 e. The number of hydrogen-bond donors (Lipinski definition) is 2. The number of para-hydroxylation sites is 1. The Morgan fingerprint density at radius 3 is 2.45 bits per heavy atom. The van der Waals surface area contributed by atoms with E-state index in [4.69, 9.17) is 11.6 Å². The van der Waals surface area contributed by atoms with Gasteiger partial charge in [-0.2, -0.15) is 13.2 Å². The van der Waals surface area contributed by atoms with Gasteiger partial charge in [-0.3, -0.25) is 14.5 Å². The molecule has 1 atom stereocenters. The zero-order chi connectivity index (χ0) is 21.6. The molecule has 2 amide bonds. The number of nitrogens with zero attached hydrogens (tertiary/aromatic N) is 2. The molecule has 156 valence electrons. The molecule has 6 nitrogen and oxygen atoms in total. The van der Waals surface area contributed by atoms with E-state index in [1.807, 2.05) is 0 Å². The lowest BCUT2D eigenvalue weighted by atomic mass is 10.1. The number of halogens is 4. The second-order valence-electron chi connectivity index (χ2n) is 6.18. The van der Waals surface area contributed by atoms with Crippen LogP contribution in [-0.4, -0.2) is 40.8 Å². The molecular formula is C19H20ClF3N4O2. The van der Waals surface area contributed by atoms with Crippen molar-refractivity contribution in [1.29, 1.82) is 0 Å². The number of pyridine rings is 1. The molecule has 0 fully saturated rings. The van der Waals surface area contributed by atoms with E-state index in [0.717, 1.165) is 6.07 Å². The van der Waals surface area contributed by atoms with Gasteiger partial charge >= 0.3 is 6.18 Å². The van der Waals surface area contributed by atoms with Crippen LogP contribution in [0.15, 0.2) is 42.6 Å². The molecule has 0 aliphatic carbocycles. The van der Waals surface area contributed by atoms with E-state index in [1.54, 1.807) is 19.9 Å². The van der Waals surface area contributed by atoms with E-state index in [9.17, 15) is 22.8 Å². The topological polar surface area (TPSA) is 74.3 Å². The first-order valence-corrected chi connectivity index (χ1v) is 9.12. The molecule has 0 saturated carbocycles. The number of carbonyl (C=O) groups excluding carboxylic acids is 2. The lowest BCUT2D eigenvalue weighted by molar-refractivity contribution is -0.137. The fourth-order valence-electron chi connectivity index (χ4n) is 2.58. The van der Waals surface area contributed by atoms with Gasteiger partial charge in [-0.25, -0.2) is 4.98 Å². The summed E-state index contributed by atoms with van der Waals surface area (Å²) < 4.78 is 39.2. The van der Waals surface area contributed by atoms with Crippen molar-refractivity contribution in [2.75, 3.05) is 23.7 Å². The molecule has 2 rings (SSSR count). The van der Waals surface area contributed by atoms with Crippen molar-refractivity contribution in [2.45, 2.75) is 26.1 Å². The third-order valence-electron chi connectivity index (χ3n) is 4.17. The summed E-state index contributed by atoms with van der Waals surface area (Å²) in [5.74, 6) is -0.774. The molecule has 0 saturated heterocycles. The Labute approximate surface area is 171 Å². The van der Waals surface area contributed by atoms with Crippen molar-refractivity contribution in [3.05, 3.63) is 53.2 Å². The molecule has 1 heterocycles. The molecule has 2 aromatic rings. The zero-order valence-electron chi connectivity index (χ0n) is 15.8. The van der Waals surface area contributed by atoms with Gasteiger partial charge in [0.1, 0.15) is 5.82 Å². The Hall–Kier alpha value is -2.65. The maximum absolute atomic E-state index is 13.1. The average molecular weight is 429 g/mol. The lowest BCUT2D eigenvalue weighted by Gasteiger charge is -2.26. The number of hydrogen-bond acceptors (Lipinski definition) is 4. The van der Waals surface area contributed by atoms with Gasteiger partial charge in [-0.1, -0.05) is 30.7 Å². The number of benzene rings is 1. The third kappa shape index (κ3) is 6.43. The van der Waals surface area contributed by atoms with Crippen molar-refractivity contribution in [1.82, 2.24) is 9.88 Å². The molecule has 2 N–H and O–H groups in total. The summed E-state index contributed by atoms with van der Waals surface area (Å²) in [6, 6.07) is 7.09. The Kier molecular flexibility index (Phi) is 7.58. The monoisotopic (exact) mass is 428 g/mol. The largest absolute Gasteiger partial charge is 0.418 e. The van der Waals surface area contributed by atoms with E-state index in [1.165, 1.54) is 35.4 Å². The van der Waals surface area contributed by atoms with Crippen molar-refractivity contribution < 1.29 is 22.8 Å². The Bertz CT molecular complexity index is 859. The summed E-state index contributed by atoms with van der Waals surface area (Å²) in [5, 5.41) is 5.30. The van der Waals surface area contributed by atoms with Gasteiger partial charge in [0.15, 0.2) is 0 Å². The van der Waals surface area contributed by atoms with E-state index in [0.29, 0.717) is 17.4 Å². The van der Waals surface area contributed by atoms with E-state index >= 15 is 0 Å². The highest BCUT2D eigenvalue weighted by molar-refractivity contribution is 6.30. The maximum atomic E-state index is 13.1. The summed E-state index contributed by atoms with van der Waals surface area (Å²) in [4.78, 5) is 30.2. The quantitative estimate of drug-likeness (QED) is 0.698. The highest BCUT2D eigenvalue weighted by atomic mass is 35.5. The van der Waals surface area contributed by atoms with Gasteiger partial charge < -0.3 is 10.6 Å². The van der Waals surface area contributed by atoms with Gasteiger partial charge in [-0.15, -0.1) is 0 Å². The number of amides is 2. The zero-order valence-corrected chi connectivity index (χ0v) is 16.5. The average Bonchev–Trinajstić information content (AvgIpc) is 2.67. The van der Waals surface area contributed by atoms with Crippen molar-refractivity contribution >= 4 is 34.9 Å². The summed E-state index contributed by atoms with van der Waals surface area (Å²) in [6.07, 6.45) is -3.21. The fourth-order valence-corrected chi connectivity index (χ4v) is 2.69. The number of rotatable bonds is 7. The first-order valence-electron chi connectivity index (χ1n) is 8.74. The van der Waals surface area contributed by atoms with Crippen LogP contribution >= 0.6 is 11.6 Å². The summed E-state index contributed by atoms with van der Waals surface area (Å²) in [6.45, 7) is 3.40. The molecule has 0 radical (unpaired) electrons. The third-order valence-corrected chi connectivity index (χ3v) is 4.39. The maximum Gasteiger partial charge on any atom is 0.418 e. The number of alkyl halides is 3. The summed E-state index contributed by atoms with van der Waals surface area (Å²) in [5.41, 5.74) is -1.26. The van der Waals surface area contributed by atoms with Crippen LogP contribution in [0.3, 0.4) is 0 Å². The van der Waals surface area contributed by atoms with Crippen molar-refractivity contribution in [3.8, 4) is 0 Å². The Morgan fingerprint density at radius 2 is 1.86 bits per heavy atom. The van der Waals surface area contributed by atoms with Gasteiger partial charge in [0, 0.05) is 6.20 Å². The smallest absolute Gasteiger partial charge is 0.324 e. The van der Waals surface area contributed by atoms with E-state index in [-0.39, 0.29) is 12.2 Å². The fraction of sp³-hybridized carbons (Fsp3) is 0.316. The minimum absolute atomic E-state index is 0.259. The van der Waals surface area contributed by atoms with Crippen LogP contribution in [-0.2, 0) is 15.8 Å². The van der Waals surface area contributed by atoms with Gasteiger partial charge in [0.25, 0.3) is 0 Å². The van der Waals surface area contributed by atoms with Crippen LogP contribution < -0.4 is 10.6 Å². The predicted octanol–water partition coefficient (Wildman–Crippen LogP) is 4.04. The molecule has 1 aromatic heterocycles. The second-order valence-corrected chi connectivity index (χ2v) is 6.62. The molecule has 10 heteroatoms. The molecule has 1 unspecified atom stereocenters. The molecular weight excluding hydrogens is 409 g/mol. The van der Waals surface area contributed by atoms with Gasteiger partial charge in [0.2, 0.25) is 11.8 Å². The van der Waals surface area contributed by atoms with Crippen LogP contribution in [0.2, 0.25) is 5.02 Å². The highest BCUT2D eigenvalue weighted by Crippen LogP contribution is 2.34. The highest BCUT2D eigenvalue weighted by Gasteiger charge is 2.33. The van der Waals surface area contributed by atoms with Gasteiger partial charge in [0.05, 0.1) is 28.9 Å². The Balaban J connectivity index is 2.02. The normalized spacial score (nSPS) is 12.5. The van der Waals surface area contributed by atoms with Crippen molar-refractivity contribution in [3.63, 3.8) is 0 Å². The SMILES string of the molecule is CCN(CC(=O)Nc1ccccc1C(F)(F)F)C(C)C(=O)Nc1ccc(Cl)cn1. The standard InChI is InChI=1S/C19H20ClF3N4O2/c1-3-27(12(2)18(29)26-16-9-8-13(20)10-24-16)11-17(28)25-15-7-5-4-6-14(15)19(21,22)23/h4-10,12H,3,11H2,1-2H3,(H,25,28)(H,24,26,29). The summed E-state index contributed by atoms with van der Waals surface area (Å²) in [7, 11) is 0. The number of carbonyl (C=O) groups is 2. The van der Waals surface area contributed by atoms with E-state index < -0.39 is 29.6 Å². The van der Waals surface area contributed by atoms with E-state index in [2.05, 4.69) is 15.6 Å². The lowest BCUT2D eigenvalue weighted by Crippen LogP contribution is -2.45. The Morgan fingerprint density at radius 1 is 1.17 bits per heavy atom. The van der Waals surface area contributed by atoms with Crippen molar-refractivity contribution in [2.24, 2.45) is 0 Å². The first kappa shape index (κ1) is 22.6. The summed E-state index contributed by atoms with van der Waals surface area (Å²) >= 11 is 5.75. The van der Waals surface area contributed by atoms with Crippen LogP contribution in [0.25, 0.3) is 0 Å². The minimum atomic E-state index is -4.59. The second kappa shape index (κ2) is 9.71. The number of nitrogens with one attached hydrogen (secondary N) is 2. The van der Waals surface area contributed by atoms with Crippen LogP contribution in [0.1, 0.15) is 19.4 Å². The van der Waals surface area contributed by atoms with Crippen LogP contribution in [0, 0.1) is 0 Å². The van der Waals surface area contributed by atoms with Crippen LogP contribution in [0.4, 0.5) is 24.7 Å². The number of likely N-dealkylation sites (N-methyl/N-ethyl adjacent to an activating group) is 1. The first-order chi connectivity index (χ1) is 13.6. The number of aromatic nitrogens is 1. The predicted molar refractivity (Wildman–Crippen MR) is 105 cm³/mol. The molecule has 29 heavy (non-hydrogen) atoms. The van der Waals surface area contributed by atoms with Gasteiger partial charge in [-0.05, 0) is 37.7 Å². The number of anilines is 2. The van der Waals surface area contributed by atoms with Crippen LogP contribution in [0.5, 0.6) is 0 Å². The molecule has 0 spiro atoms. The molecule has 0 aliphatic heterocycles. The molecule has 1 aromatic carbocycles.